The minimum atomic E-state index is -0.148. The fraction of sp³-hybridized carbons (Fsp3) is 0.188. The van der Waals surface area contributed by atoms with Crippen molar-refractivity contribution in [3.8, 4) is 5.75 Å². The van der Waals surface area contributed by atoms with Gasteiger partial charge in [-0.1, -0.05) is 42.5 Å². The maximum absolute atomic E-state index is 11.7. The molecule has 0 heterocycles. The Labute approximate surface area is 123 Å². The van der Waals surface area contributed by atoms with E-state index in [9.17, 15) is 4.79 Å². The molecule has 2 aromatic rings. The first-order valence-corrected chi connectivity index (χ1v) is 6.89. The van der Waals surface area contributed by atoms with E-state index in [1.54, 1.807) is 0 Å². The number of hydrogen-bond acceptors (Lipinski definition) is 2. The molecule has 0 aliphatic rings. The second-order valence-corrected chi connectivity index (χ2v) is 4.60. The maximum atomic E-state index is 11.7. The Bertz CT molecular complexity index is 557. The molecular weight excluding hydrogens is 274 g/mol. The third-order valence-electron chi connectivity index (χ3n) is 2.75. The molecule has 104 valence electrons. The molecule has 4 heteroatoms. The number of amides is 1. The average molecular weight is 290 g/mol. The van der Waals surface area contributed by atoms with Gasteiger partial charge in [0.2, 0.25) is 0 Å². The van der Waals surface area contributed by atoms with Crippen LogP contribution in [-0.2, 0) is 17.2 Å². The van der Waals surface area contributed by atoms with E-state index in [1.165, 1.54) is 0 Å². The molecule has 2 aromatic carbocycles. The van der Waals surface area contributed by atoms with Gasteiger partial charge in [-0.3, -0.25) is 4.79 Å². The molecule has 0 aromatic heterocycles. The Morgan fingerprint density at radius 3 is 2.55 bits per heavy atom. The Balaban J connectivity index is 1.77. The number of ether oxygens (including phenoxy) is 1. The zero-order valence-electron chi connectivity index (χ0n) is 11.0. The van der Waals surface area contributed by atoms with Gasteiger partial charge >= 0.3 is 0 Å². The smallest absolute Gasteiger partial charge is 0.258 e. The number of nitrogens with one attached hydrogen (secondary N) is 1. The molecule has 0 aliphatic heterocycles. The van der Waals surface area contributed by atoms with Crippen molar-refractivity contribution in [1.29, 1.82) is 0 Å². The molecule has 0 radical (unpaired) electrons. The fourth-order valence-electron chi connectivity index (χ4n) is 1.74. The number of alkyl halides is 1. The first kappa shape index (κ1) is 14.4. The number of halogens is 1. The average Bonchev–Trinajstić information content (AvgIpc) is 2.52. The summed E-state index contributed by atoms with van der Waals surface area (Å²) >= 11 is 5.77. The highest BCUT2D eigenvalue weighted by molar-refractivity contribution is 6.17. The number of para-hydroxylation sites is 1. The molecule has 0 atom stereocenters. The number of rotatable bonds is 6. The molecule has 1 amide bonds. The van der Waals surface area contributed by atoms with E-state index in [0.29, 0.717) is 18.2 Å². The predicted molar refractivity (Wildman–Crippen MR) is 79.8 cm³/mol. The highest BCUT2D eigenvalue weighted by Crippen LogP contribution is 2.09. The van der Waals surface area contributed by atoms with Gasteiger partial charge in [0, 0.05) is 12.4 Å². The summed E-state index contributed by atoms with van der Waals surface area (Å²) in [6.07, 6.45) is 0. The van der Waals surface area contributed by atoms with Gasteiger partial charge in [0.25, 0.3) is 5.91 Å². The molecule has 2 rings (SSSR count). The Hall–Kier alpha value is -2.00. The summed E-state index contributed by atoms with van der Waals surface area (Å²) in [5, 5.41) is 2.81. The van der Waals surface area contributed by atoms with Crippen LogP contribution in [0.15, 0.2) is 54.6 Å². The normalized spacial score (nSPS) is 10.1. The molecule has 0 saturated heterocycles. The fourth-order valence-corrected chi connectivity index (χ4v) is 1.91. The van der Waals surface area contributed by atoms with Crippen LogP contribution in [0, 0.1) is 0 Å². The lowest BCUT2D eigenvalue weighted by atomic mass is 10.1. The summed E-state index contributed by atoms with van der Waals surface area (Å²) in [6, 6.07) is 17.1. The molecule has 0 aliphatic carbocycles. The van der Waals surface area contributed by atoms with Crippen molar-refractivity contribution in [3.63, 3.8) is 0 Å². The largest absolute Gasteiger partial charge is 0.484 e. The number of benzene rings is 2. The molecule has 20 heavy (non-hydrogen) atoms. The van der Waals surface area contributed by atoms with Crippen LogP contribution in [0.3, 0.4) is 0 Å². The quantitative estimate of drug-likeness (QED) is 0.830. The summed E-state index contributed by atoms with van der Waals surface area (Å²) in [6.45, 7) is 0.487. The molecular formula is C16H16ClNO2. The predicted octanol–water partition coefficient (Wildman–Crippen LogP) is 3.12. The van der Waals surface area contributed by atoms with Crippen LogP contribution in [0.5, 0.6) is 5.75 Å². The van der Waals surface area contributed by atoms with E-state index >= 15 is 0 Å². The topological polar surface area (TPSA) is 38.3 Å². The lowest BCUT2D eigenvalue weighted by Gasteiger charge is -2.08. The van der Waals surface area contributed by atoms with Crippen LogP contribution in [-0.4, -0.2) is 12.5 Å². The number of carbonyl (C=O) groups excluding carboxylic acids is 1. The lowest BCUT2D eigenvalue weighted by molar-refractivity contribution is -0.123. The molecule has 1 N–H and O–H groups in total. The van der Waals surface area contributed by atoms with Crippen molar-refractivity contribution in [1.82, 2.24) is 5.32 Å². The molecule has 0 unspecified atom stereocenters. The SMILES string of the molecule is O=C(COc1ccccc1)NCc1cccc(CCl)c1. The maximum Gasteiger partial charge on any atom is 0.258 e. The van der Waals surface area contributed by atoms with Gasteiger partial charge in [0.15, 0.2) is 6.61 Å². The van der Waals surface area contributed by atoms with Gasteiger partial charge in [-0.15, -0.1) is 11.6 Å². The number of hydrogen-bond donors (Lipinski definition) is 1. The van der Waals surface area contributed by atoms with Gasteiger partial charge in [0.05, 0.1) is 0 Å². The van der Waals surface area contributed by atoms with Crippen LogP contribution < -0.4 is 10.1 Å². The van der Waals surface area contributed by atoms with Gasteiger partial charge in [-0.25, -0.2) is 0 Å². The Kier molecular flexibility index (Phi) is 5.44. The second kappa shape index (κ2) is 7.56. The zero-order valence-corrected chi connectivity index (χ0v) is 11.8. The summed E-state index contributed by atoms with van der Waals surface area (Å²) < 4.78 is 5.37. The van der Waals surface area contributed by atoms with E-state index in [1.807, 2.05) is 54.6 Å². The highest BCUT2D eigenvalue weighted by atomic mass is 35.5. The monoisotopic (exact) mass is 289 g/mol. The van der Waals surface area contributed by atoms with E-state index in [0.717, 1.165) is 11.1 Å². The van der Waals surface area contributed by atoms with E-state index in [2.05, 4.69) is 5.32 Å². The third kappa shape index (κ3) is 4.59. The molecule has 3 nitrogen and oxygen atoms in total. The standard InChI is InChI=1S/C16H16ClNO2/c17-10-13-5-4-6-14(9-13)11-18-16(19)12-20-15-7-2-1-3-8-15/h1-9H,10-12H2,(H,18,19). The minimum Gasteiger partial charge on any atom is -0.484 e. The summed E-state index contributed by atoms with van der Waals surface area (Å²) in [5.41, 5.74) is 2.06. The van der Waals surface area contributed by atoms with Gasteiger partial charge < -0.3 is 10.1 Å². The summed E-state index contributed by atoms with van der Waals surface area (Å²) in [4.78, 5) is 11.7. The van der Waals surface area contributed by atoms with E-state index < -0.39 is 0 Å². The summed E-state index contributed by atoms with van der Waals surface area (Å²) in [7, 11) is 0. The van der Waals surface area contributed by atoms with Crippen molar-refractivity contribution < 1.29 is 9.53 Å². The lowest BCUT2D eigenvalue weighted by Crippen LogP contribution is -2.28. The number of carbonyl (C=O) groups is 1. The van der Waals surface area contributed by atoms with Gasteiger partial charge in [-0.2, -0.15) is 0 Å². The molecule has 0 bridgehead atoms. The van der Waals surface area contributed by atoms with E-state index in [-0.39, 0.29) is 12.5 Å². The van der Waals surface area contributed by atoms with Crippen LogP contribution in [0.2, 0.25) is 0 Å². The van der Waals surface area contributed by atoms with Crippen LogP contribution >= 0.6 is 11.6 Å². The minimum absolute atomic E-state index is 0.0131. The van der Waals surface area contributed by atoms with Crippen molar-refractivity contribution in [2.75, 3.05) is 6.61 Å². The third-order valence-corrected chi connectivity index (χ3v) is 3.06. The van der Waals surface area contributed by atoms with Crippen LogP contribution in [0.4, 0.5) is 0 Å². The molecule has 0 saturated carbocycles. The van der Waals surface area contributed by atoms with Crippen LogP contribution in [0.1, 0.15) is 11.1 Å². The Morgan fingerprint density at radius 2 is 1.80 bits per heavy atom. The molecule has 0 fully saturated rings. The Morgan fingerprint density at radius 1 is 1.05 bits per heavy atom. The van der Waals surface area contributed by atoms with Crippen molar-refractivity contribution in [3.05, 3.63) is 65.7 Å². The van der Waals surface area contributed by atoms with Gasteiger partial charge in [0.1, 0.15) is 5.75 Å². The van der Waals surface area contributed by atoms with Gasteiger partial charge in [-0.05, 0) is 23.3 Å². The van der Waals surface area contributed by atoms with E-state index in [4.69, 9.17) is 16.3 Å². The highest BCUT2D eigenvalue weighted by Gasteiger charge is 2.03. The van der Waals surface area contributed by atoms with Crippen molar-refractivity contribution in [2.45, 2.75) is 12.4 Å². The zero-order chi connectivity index (χ0) is 14.2. The first-order valence-electron chi connectivity index (χ1n) is 6.36. The first-order chi connectivity index (χ1) is 9.78. The second-order valence-electron chi connectivity index (χ2n) is 4.33. The van der Waals surface area contributed by atoms with Crippen molar-refractivity contribution in [2.24, 2.45) is 0 Å². The van der Waals surface area contributed by atoms with Crippen LogP contribution in [0.25, 0.3) is 0 Å². The summed E-state index contributed by atoms with van der Waals surface area (Å²) in [5.74, 6) is 1.01. The van der Waals surface area contributed by atoms with Crippen molar-refractivity contribution >= 4 is 17.5 Å². The molecule has 0 spiro atoms.